The fraction of sp³-hybridized carbons (Fsp3) is 0.211. The van der Waals surface area contributed by atoms with E-state index >= 15 is 0 Å². The fourth-order valence-electron chi connectivity index (χ4n) is 1.80. The molecule has 1 aromatic carbocycles. The van der Waals surface area contributed by atoms with Crippen molar-refractivity contribution < 1.29 is 0 Å². The van der Waals surface area contributed by atoms with Gasteiger partial charge in [-0.2, -0.15) is 0 Å². The lowest BCUT2D eigenvalue weighted by Gasteiger charge is -2.05. The number of aromatic nitrogens is 3. The van der Waals surface area contributed by atoms with Gasteiger partial charge in [0, 0.05) is 5.56 Å². The normalized spacial score (nSPS) is 11.1. The molecular formula is C19H23N3. The van der Waals surface area contributed by atoms with Gasteiger partial charge in [0.05, 0.1) is 0 Å². The summed E-state index contributed by atoms with van der Waals surface area (Å²) in [6.07, 6.45) is 7.20. The van der Waals surface area contributed by atoms with E-state index in [1.165, 1.54) is 0 Å². The third kappa shape index (κ3) is 5.09. The molecule has 114 valence electrons. The summed E-state index contributed by atoms with van der Waals surface area (Å²) in [6.45, 7) is 12.0. The molecule has 3 heteroatoms. The summed E-state index contributed by atoms with van der Waals surface area (Å²) < 4.78 is 0. The second kappa shape index (κ2) is 9.40. The standard InChI is InChI=1S/C17H19N3.C2H4/c1-4-5-7-10-13(2)16-18-14(3)19-17(20-16)15-11-8-6-9-12-15;1-2/h5-12H,4H2,1-3H3;1-2H2/b7-5-,13-10+;. The molecule has 0 fully saturated rings. The Morgan fingerprint density at radius 2 is 1.77 bits per heavy atom. The van der Waals surface area contributed by atoms with Crippen LogP contribution in [0.2, 0.25) is 0 Å². The summed E-state index contributed by atoms with van der Waals surface area (Å²) in [5.74, 6) is 2.19. The highest BCUT2D eigenvalue weighted by molar-refractivity contribution is 5.62. The van der Waals surface area contributed by atoms with E-state index in [1.54, 1.807) is 0 Å². The number of hydrogen-bond donors (Lipinski definition) is 0. The van der Waals surface area contributed by atoms with E-state index in [0.717, 1.165) is 35.0 Å². The molecule has 1 aromatic heterocycles. The third-order valence-corrected chi connectivity index (χ3v) is 2.85. The molecule has 22 heavy (non-hydrogen) atoms. The van der Waals surface area contributed by atoms with Crippen LogP contribution in [-0.2, 0) is 0 Å². The van der Waals surface area contributed by atoms with Crippen LogP contribution in [0.1, 0.15) is 31.9 Å². The fourth-order valence-corrected chi connectivity index (χ4v) is 1.80. The maximum absolute atomic E-state index is 4.56. The lowest BCUT2D eigenvalue weighted by molar-refractivity contribution is 0.959. The number of allylic oxidation sites excluding steroid dienone is 4. The zero-order valence-corrected chi connectivity index (χ0v) is 13.6. The second-order valence-corrected chi connectivity index (χ2v) is 4.58. The lowest BCUT2D eigenvalue weighted by atomic mass is 10.2. The Hall–Kier alpha value is -2.55. The predicted octanol–water partition coefficient (Wildman–Crippen LogP) is 5.02. The highest BCUT2D eigenvalue weighted by Crippen LogP contribution is 2.17. The van der Waals surface area contributed by atoms with Gasteiger partial charge in [-0.15, -0.1) is 13.2 Å². The van der Waals surface area contributed by atoms with Crippen LogP contribution in [0.15, 0.2) is 61.7 Å². The van der Waals surface area contributed by atoms with Crippen molar-refractivity contribution >= 4 is 5.57 Å². The molecule has 1 heterocycles. The molecule has 0 aliphatic rings. The van der Waals surface area contributed by atoms with Crippen LogP contribution in [0.3, 0.4) is 0 Å². The summed E-state index contributed by atoms with van der Waals surface area (Å²) in [7, 11) is 0. The quantitative estimate of drug-likeness (QED) is 0.587. The highest BCUT2D eigenvalue weighted by atomic mass is 15.0. The Bertz CT molecular complexity index is 643. The summed E-state index contributed by atoms with van der Waals surface area (Å²) in [6, 6.07) is 9.98. The van der Waals surface area contributed by atoms with Crippen molar-refractivity contribution in [1.29, 1.82) is 0 Å². The molecule has 3 nitrogen and oxygen atoms in total. The summed E-state index contributed by atoms with van der Waals surface area (Å²) >= 11 is 0. The molecule has 2 rings (SSSR count). The van der Waals surface area contributed by atoms with Crippen molar-refractivity contribution in [3.8, 4) is 11.4 Å². The van der Waals surface area contributed by atoms with E-state index in [1.807, 2.05) is 56.3 Å². The van der Waals surface area contributed by atoms with E-state index < -0.39 is 0 Å². The van der Waals surface area contributed by atoms with Crippen molar-refractivity contribution in [3.05, 3.63) is 73.4 Å². The first kappa shape index (κ1) is 17.5. The molecule has 0 bridgehead atoms. The van der Waals surface area contributed by atoms with E-state index in [9.17, 15) is 0 Å². The highest BCUT2D eigenvalue weighted by Gasteiger charge is 2.06. The molecule has 0 saturated heterocycles. The van der Waals surface area contributed by atoms with E-state index in [2.05, 4.69) is 41.1 Å². The van der Waals surface area contributed by atoms with E-state index in [4.69, 9.17) is 0 Å². The Labute approximate surface area is 133 Å². The van der Waals surface area contributed by atoms with Crippen molar-refractivity contribution in [1.82, 2.24) is 15.0 Å². The van der Waals surface area contributed by atoms with Gasteiger partial charge in [-0.05, 0) is 25.8 Å². The van der Waals surface area contributed by atoms with Gasteiger partial charge in [-0.1, -0.05) is 55.5 Å². The molecule has 0 radical (unpaired) electrons. The van der Waals surface area contributed by atoms with Crippen molar-refractivity contribution in [2.45, 2.75) is 27.2 Å². The molecule has 0 aliphatic carbocycles. The first-order chi connectivity index (χ1) is 10.7. The topological polar surface area (TPSA) is 38.7 Å². The summed E-state index contributed by atoms with van der Waals surface area (Å²) in [5, 5.41) is 0. The molecule has 0 amide bonds. The largest absolute Gasteiger partial charge is 0.214 e. The van der Waals surface area contributed by atoms with E-state index in [-0.39, 0.29) is 0 Å². The summed E-state index contributed by atoms with van der Waals surface area (Å²) in [4.78, 5) is 13.4. The maximum atomic E-state index is 4.56. The Morgan fingerprint density at radius 3 is 2.41 bits per heavy atom. The van der Waals surface area contributed by atoms with Crippen LogP contribution in [0.5, 0.6) is 0 Å². The molecule has 0 unspecified atom stereocenters. The predicted molar refractivity (Wildman–Crippen MR) is 94.3 cm³/mol. The van der Waals surface area contributed by atoms with Crippen molar-refractivity contribution in [3.63, 3.8) is 0 Å². The minimum absolute atomic E-state index is 0.723. The van der Waals surface area contributed by atoms with Gasteiger partial charge >= 0.3 is 0 Å². The van der Waals surface area contributed by atoms with Gasteiger partial charge in [0.25, 0.3) is 0 Å². The molecule has 0 atom stereocenters. The molecule has 0 saturated carbocycles. The van der Waals surface area contributed by atoms with Crippen molar-refractivity contribution in [2.24, 2.45) is 0 Å². The molecule has 2 aromatic rings. The average Bonchev–Trinajstić information content (AvgIpc) is 2.57. The number of hydrogen-bond acceptors (Lipinski definition) is 3. The molecule has 0 spiro atoms. The van der Waals surface area contributed by atoms with Crippen LogP contribution in [0.25, 0.3) is 17.0 Å². The van der Waals surface area contributed by atoms with Crippen LogP contribution < -0.4 is 0 Å². The minimum atomic E-state index is 0.723. The van der Waals surface area contributed by atoms with E-state index in [0.29, 0.717) is 0 Å². The SMILES string of the molecule is C=C.CC/C=C\C=C(/C)c1nc(C)nc(-c2ccccc2)n1. The van der Waals surface area contributed by atoms with Crippen LogP contribution in [0.4, 0.5) is 0 Å². The van der Waals surface area contributed by atoms with Gasteiger partial charge < -0.3 is 0 Å². The van der Waals surface area contributed by atoms with Crippen LogP contribution in [-0.4, -0.2) is 15.0 Å². The number of rotatable bonds is 4. The van der Waals surface area contributed by atoms with Crippen LogP contribution in [0, 0.1) is 6.92 Å². The van der Waals surface area contributed by atoms with Crippen molar-refractivity contribution in [2.75, 3.05) is 0 Å². The first-order valence-corrected chi connectivity index (χ1v) is 7.32. The number of nitrogens with zero attached hydrogens (tertiary/aromatic N) is 3. The van der Waals surface area contributed by atoms with Gasteiger partial charge in [0.15, 0.2) is 11.6 Å². The zero-order chi connectivity index (χ0) is 16.4. The smallest absolute Gasteiger partial charge is 0.163 e. The summed E-state index contributed by atoms with van der Waals surface area (Å²) in [5.41, 5.74) is 2.05. The van der Waals surface area contributed by atoms with Gasteiger partial charge in [0.2, 0.25) is 0 Å². The Morgan fingerprint density at radius 1 is 1.09 bits per heavy atom. The van der Waals surface area contributed by atoms with Crippen LogP contribution >= 0.6 is 0 Å². The zero-order valence-electron chi connectivity index (χ0n) is 13.6. The minimum Gasteiger partial charge on any atom is -0.214 e. The Kier molecular flexibility index (Phi) is 7.48. The second-order valence-electron chi connectivity index (χ2n) is 4.58. The Balaban J connectivity index is 0.00000116. The maximum Gasteiger partial charge on any atom is 0.163 e. The lowest BCUT2D eigenvalue weighted by Crippen LogP contribution is -2.01. The molecule has 0 aliphatic heterocycles. The first-order valence-electron chi connectivity index (χ1n) is 7.32. The molecular weight excluding hydrogens is 270 g/mol. The molecule has 0 N–H and O–H groups in total. The third-order valence-electron chi connectivity index (χ3n) is 2.85. The number of benzene rings is 1. The average molecular weight is 293 g/mol. The van der Waals surface area contributed by atoms with Gasteiger partial charge in [-0.3, -0.25) is 0 Å². The van der Waals surface area contributed by atoms with Gasteiger partial charge in [0.1, 0.15) is 5.82 Å². The number of aryl methyl sites for hydroxylation is 1. The van der Waals surface area contributed by atoms with Gasteiger partial charge in [-0.25, -0.2) is 15.0 Å². The monoisotopic (exact) mass is 293 g/mol.